The van der Waals surface area contributed by atoms with E-state index < -0.39 is 0 Å². The van der Waals surface area contributed by atoms with Crippen LogP contribution in [0.3, 0.4) is 0 Å². The fourth-order valence-electron chi connectivity index (χ4n) is 2.71. The third kappa shape index (κ3) is 5.10. The van der Waals surface area contributed by atoms with Gasteiger partial charge in [0, 0.05) is 31.0 Å². The van der Waals surface area contributed by atoms with Crippen molar-refractivity contribution < 1.29 is 4.90 Å². The summed E-state index contributed by atoms with van der Waals surface area (Å²) in [6.45, 7) is 6.71. The number of likely N-dealkylation sites (tertiary alicyclic amines) is 1. The Morgan fingerprint density at radius 3 is 2.60 bits per heavy atom. The lowest BCUT2D eigenvalue weighted by molar-refractivity contribution is -0.918. The number of nitrogens with one attached hydrogen (secondary N) is 3. The highest BCUT2D eigenvalue weighted by Gasteiger charge is 2.22. The lowest BCUT2D eigenvalue weighted by Gasteiger charge is -2.30. The number of piperidine rings is 1. The Bertz CT molecular complexity index is 399. The quantitative estimate of drug-likeness (QED) is 0.710. The Labute approximate surface area is 127 Å². The van der Waals surface area contributed by atoms with Crippen LogP contribution in [0, 0.1) is 0 Å². The predicted octanol–water partition coefficient (Wildman–Crippen LogP) is 1.11. The smallest absolute Gasteiger partial charge is 0.166 e. The first-order chi connectivity index (χ1) is 9.78. The molecule has 0 aromatic heterocycles. The Kier molecular flexibility index (Phi) is 6.27. The van der Waals surface area contributed by atoms with E-state index in [2.05, 4.69) is 47.9 Å². The Hall–Kier alpha value is -1.13. The van der Waals surface area contributed by atoms with Crippen molar-refractivity contribution in [3.05, 3.63) is 35.9 Å². The van der Waals surface area contributed by atoms with E-state index in [1.807, 2.05) is 0 Å². The van der Waals surface area contributed by atoms with Gasteiger partial charge in [0.2, 0.25) is 0 Å². The first-order valence-electron chi connectivity index (χ1n) is 7.69. The van der Waals surface area contributed by atoms with Gasteiger partial charge in [0.25, 0.3) is 0 Å². The predicted molar refractivity (Wildman–Crippen MR) is 87.9 cm³/mol. The van der Waals surface area contributed by atoms with Gasteiger partial charge in [0.05, 0.1) is 13.1 Å². The molecular weight excluding hydrogens is 266 g/mol. The maximum atomic E-state index is 5.31. The molecule has 0 amide bonds. The van der Waals surface area contributed by atoms with Crippen molar-refractivity contribution in [3.63, 3.8) is 0 Å². The molecule has 20 heavy (non-hydrogen) atoms. The topological polar surface area (TPSA) is 28.5 Å². The molecule has 0 bridgehead atoms. The van der Waals surface area contributed by atoms with Crippen LogP contribution in [0.4, 0.5) is 0 Å². The largest absolute Gasteiger partial charge is 0.363 e. The second kappa shape index (κ2) is 8.22. The van der Waals surface area contributed by atoms with E-state index >= 15 is 0 Å². The molecule has 0 radical (unpaired) electrons. The summed E-state index contributed by atoms with van der Waals surface area (Å²) >= 11 is 5.31. The molecule has 1 aromatic rings. The Morgan fingerprint density at radius 2 is 1.95 bits per heavy atom. The summed E-state index contributed by atoms with van der Waals surface area (Å²) in [6.07, 6.45) is 3.52. The van der Waals surface area contributed by atoms with E-state index in [0.717, 1.165) is 24.6 Å². The zero-order valence-corrected chi connectivity index (χ0v) is 13.1. The second-order valence-electron chi connectivity index (χ2n) is 5.59. The molecule has 3 nitrogen and oxygen atoms in total. The van der Waals surface area contributed by atoms with E-state index in [9.17, 15) is 0 Å². The minimum Gasteiger partial charge on any atom is -0.363 e. The molecule has 0 saturated carbocycles. The summed E-state index contributed by atoms with van der Waals surface area (Å²) in [5, 5.41) is 7.51. The Balaban J connectivity index is 1.68. The van der Waals surface area contributed by atoms with E-state index in [-0.39, 0.29) is 0 Å². The van der Waals surface area contributed by atoms with E-state index in [4.69, 9.17) is 12.2 Å². The van der Waals surface area contributed by atoms with Crippen LogP contribution >= 0.6 is 12.2 Å². The number of hydrogen-bond acceptors (Lipinski definition) is 1. The van der Waals surface area contributed by atoms with Gasteiger partial charge in [-0.05, 0) is 18.6 Å². The average molecular weight is 292 g/mol. The number of hydrogen-bond donors (Lipinski definition) is 3. The first kappa shape index (κ1) is 15.3. The fraction of sp³-hybridized carbons (Fsp3) is 0.562. The molecule has 0 atom stereocenters. The molecule has 110 valence electrons. The monoisotopic (exact) mass is 292 g/mol. The molecular formula is C16H26N3S+. The van der Waals surface area contributed by atoms with Gasteiger partial charge < -0.3 is 15.5 Å². The van der Waals surface area contributed by atoms with Crippen molar-refractivity contribution in [3.8, 4) is 0 Å². The van der Waals surface area contributed by atoms with Gasteiger partial charge in [-0.2, -0.15) is 0 Å². The highest BCUT2D eigenvalue weighted by molar-refractivity contribution is 7.80. The number of benzene rings is 1. The molecule has 1 aliphatic rings. The Morgan fingerprint density at radius 1 is 1.25 bits per heavy atom. The van der Waals surface area contributed by atoms with Gasteiger partial charge >= 0.3 is 0 Å². The van der Waals surface area contributed by atoms with E-state index in [0.29, 0.717) is 6.04 Å². The summed E-state index contributed by atoms with van der Waals surface area (Å²) in [5.41, 5.74) is 1.44. The SMILES string of the molecule is CCCNC(=S)NC1CC[NH+](Cc2ccccc2)CC1. The zero-order valence-electron chi connectivity index (χ0n) is 12.3. The van der Waals surface area contributed by atoms with Gasteiger partial charge in [-0.25, -0.2) is 0 Å². The molecule has 3 N–H and O–H groups in total. The van der Waals surface area contributed by atoms with Crippen LogP contribution in [0.1, 0.15) is 31.7 Å². The van der Waals surface area contributed by atoms with Crippen molar-refractivity contribution in [2.75, 3.05) is 19.6 Å². The summed E-state index contributed by atoms with van der Waals surface area (Å²) in [6, 6.07) is 11.3. The zero-order chi connectivity index (χ0) is 14.2. The highest BCUT2D eigenvalue weighted by Crippen LogP contribution is 2.01. The molecule has 0 spiro atoms. The summed E-state index contributed by atoms with van der Waals surface area (Å²) in [7, 11) is 0. The van der Waals surface area contributed by atoms with Gasteiger partial charge in [-0.1, -0.05) is 37.3 Å². The molecule has 2 rings (SSSR count). The van der Waals surface area contributed by atoms with Crippen LogP contribution < -0.4 is 15.5 Å². The van der Waals surface area contributed by atoms with Crippen molar-refractivity contribution in [2.24, 2.45) is 0 Å². The highest BCUT2D eigenvalue weighted by atomic mass is 32.1. The lowest BCUT2D eigenvalue weighted by atomic mass is 10.0. The minimum atomic E-state index is 0.548. The summed E-state index contributed by atoms with van der Waals surface area (Å²) < 4.78 is 0. The van der Waals surface area contributed by atoms with E-state index in [1.54, 1.807) is 4.90 Å². The van der Waals surface area contributed by atoms with Crippen LogP contribution in [0.25, 0.3) is 0 Å². The van der Waals surface area contributed by atoms with Gasteiger partial charge in [-0.3, -0.25) is 0 Å². The van der Waals surface area contributed by atoms with Gasteiger partial charge in [0.15, 0.2) is 5.11 Å². The van der Waals surface area contributed by atoms with Crippen LogP contribution in [-0.2, 0) is 6.54 Å². The molecule has 4 heteroatoms. The first-order valence-corrected chi connectivity index (χ1v) is 8.10. The van der Waals surface area contributed by atoms with Gasteiger partial charge in [0.1, 0.15) is 6.54 Å². The maximum absolute atomic E-state index is 5.31. The molecule has 0 aliphatic carbocycles. The standard InChI is InChI=1S/C16H25N3S/c1-2-10-17-16(20)18-15-8-11-19(12-9-15)13-14-6-4-3-5-7-14/h3-7,15H,2,8-13H2,1H3,(H2,17,18,20)/p+1. The van der Waals surface area contributed by atoms with Crippen LogP contribution in [-0.4, -0.2) is 30.8 Å². The summed E-state index contributed by atoms with van der Waals surface area (Å²) in [5.74, 6) is 0. The van der Waals surface area contributed by atoms with Gasteiger partial charge in [-0.15, -0.1) is 0 Å². The molecule has 1 saturated heterocycles. The molecule has 1 fully saturated rings. The second-order valence-corrected chi connectivity index (χ2v) is 6.00. The number of thiocarbonyl (C=S) groups is 1. The molecule has 0 unspecified atom stereocenters. The maximum Gasteiger partial charge on any atom is 0.166 e. The normalized spacial score (nSPS) is 22.2. The van der Waals surface area contributed by atoms with Crippen LogP contribution in [0.5, 0.6) is 0 Å². The summed E-state index contributed by atoms with van der Waals surface area (Å²) in [4.78, 5) is 1.68. The molecule has 1 aliphatic heterocycles. The van der Waals surface area contributed by atoms with E-state index in [1.165, 1.54) is 31.5 Å². The fourth-order valence-corrected chi connectivity index (χ4v) is 2.98. The minimum absolute atomic E-state index is 0.548. The lowest BCUT2D eigenvalue weighted by Crippen LogP contribution is -3.12. The number of rotatable bonds is 5. The van der Waals surface area contributed by atoms with Crippen molar-refractivity contribution >= 4 is 17.3 Å². The molecule has 1 aromatic carbocycles. The van der Waals surface area contributed by atoms with Crippen LogP contribution in [0.2, 0.25) is 0 Å². The number of quaternary nitrogens is 1. The average Bonchev–Trinajstić information content (AvgIpc) is 2.48. The third-order valence-corrected chi connectivity index (χ3v) is 4.12. The van der Waals surface area contributed by atoms with Crippen molar-refractivity contribution in [2.45, 2.75) is 38.8 Å². The van der Waals surface area contributed by atoms with Crippen molar-refractivity contribution in [1.82, 2.24) is 10.6 Å². The third-order valence-electron chi connectivity index (χ3n) is 3.86. The van der Waals surface area contributed by atoms with Crippen molar-refractivity contribution in [1.29, 1.82) is 0 Å². The molecule has 1 heterocycles. The van der Waals surface area contributed by atoms with Crippen LogP contribution in [0.15, 0.2) is 30.3 Å².